The summed E-state index contributed by atoms with van der Waals surface area (Å²) in [5, 5.41) is 16.7. The van der Waals surface area contributed by atoms with E-state index in [9.17, 15) is 14.9 Å². The first kappa shape index (κ1) is 14.5. The van der Waals surface area contributed by atoms with Crippen LogP contribution in [0.3, 0.4) is 0 Å². The maximum absolute atomic E-state index is 12.3. The Labute approximate surface area is 117 Å². The first-order chi connectivity index (χ1) is 9.57. The van der Waals surface area contributed by atoms with E-state index < -0.39 is 4.92 Å². The van der Waals surface area contributed by atoms with Crippen molar-refractivity contribution in [2.45, 2.75) is 26.3 Å². The van der Waals surface area contributed by atoms with Gasteiger partial charge in [-0.05, 0) is 24.9 Å². The maximum Gasteiger partial charge on any atom is 0.269 e. The molecule has 6 heteroatoms. The van der Waals surface area contributed by atoms with Crippen molar-refractivity contribution in [2.24, 2.45) is 5.41 Å². The molecule has 1 unspecified atom stereocenters. The van der Waals surface area contributed by atoms with E-state index >= 15 is 0 Å². The maximum atomic E-state index is 12.3. The number of nitrogens with zero attached hydrogens (tertiary/aromatic N) is 1. The minimum absolute atomic E-state index is 0.0587. The van der Waals surface area contributed by atoms with E-state index in [-0.39, 0.29) is 17.0 Å². The normalized spacial score (nSPS) is 21.6. The van der Waals surface area contributed by atoms with Gasteiger partial charge in [-0.15, -0.1) is 0 Å². The second kappa shape index (κ2) is 6.00. The van der Waals surface area contributed by atoms with Crippen molar-refractivity contribution in [2.75, 3.05) is 13.1 Å². The molecule has 1 aliphatic rings. The topological polar surface area (TPSA) is 84.3 Å². The van der Waals surface area contributed by atoms with E-state index in [4.69, 9.17) is 0 Å². The fourth-order valence-corrected chi connectivity index (χ4v) is 2.51. The van der Waals surface area contributed by atoms with E-state index in [0.29, 0.717) is 6.54 Å². The van der Waals surface area contributed by atoms with Gasteiger partial charge in [0.15, 0.2) is 0 Å². The lowest BCUT2D eigenvalue weighted by atomic mass is 9.83. The summed E-state index contributed by atoms with van der Waals surface area (Å²) < 4.78 is 0. The Bertz CT molecular complexity index is 493. The summed E-state index contributed by atoms with van der Waals surface area (Å²) in [6.45, 7) is 4.02. The van der Waals surface area contributed by atoms with Gasteiger partial charge in [0.25, 0.3) is 5.69 Å². The summed E-state index contributed by atoms with van der Waals surface area (Å²) in [4.78, 5) is 22.4. The summed E-state index contributed by atoms with van der Waals surface area (Å²) in [5.41, 5.74) is 0.618. The zero-order chi connectivity index (χ0) is 14.6. The minimum Gasteiger partial charge on any atom is -0.352 e. The molecule has 6 nitrogen and oxygen atoms in total. The molecule has 0 saturated carbocycles. The molecule has 1 aliphatic heterocycles. The Morgan fingerprint density at radius 3 is 2.65 bits per heavy atom. The van der Waals surface area contributed by atoms with Crippen molar-refractivity contribution in [3.05, 3.63) is 39.9 Å². The van der Waals surface area contributed by atoms with Gasteiger partial charge >= 0.3 is 0 Å². The van der Waals surface area contributed by atoms with E-state index in [1.54, 1.807) is 12.1 Å². The number of non-ortho nitro benzene ring substituents is 1. The van der Waals surface area contributed by atoms with Gasteiger partial charge in [-0.1, -0.05) is 19.1 Å². The van der Waals surface area contributed by atoms with Crippen LogP contribution in [0.2, 0.25) is 0 Å². The second-order valence-electron chi connectivity index (χ2n) is 5.17. The number of benzene rings is 1. The molecule has 1 saturated heterocycles. The SMILES string of the molecule is CCC1(C(=O)NCc2ccc([N+](=O)[O-])cc2)CCNC1. The van der Waals surface area contributed by atoms with Crippen molar-refractivity contribution < 1.29 is 9.72 Å². The van der Waals surface area contributed by atoms with E-state index in [1.807, 2.05) is 6.92 Å². The number of rotatable bonds is 5. The molecule has 0 aromatic heterocycles. The highest BCUT2D eigenvalue weighted by molar-refractivity contribution is 5.83. The van der Waals surface area contributed by atoms with Crippen molar-refractivity contribution in [1.29, 1.82) is 0 Å². The van der Waals surface area contributed by atoms with Crippen LogP contribution in [0.15, 0.2) is 24.3 Å². The molecule has 1 aromatic carbocycles. The third kappa shape index (κ3) is 2.96. The third-order valence-electron chi connectivity index (χ3n) is 4.00. The number of carbonyl (C=O) groups is 1. The largest absolute Gasteiger partial charge is 0.352 e. The molecule has 0 radical (unpaired) electrons. The van der Waals surface area contributed by atoms with Gasteiger partial charge in [0.05, 0.1) is 10.3 Å². The molecular formula is C14H19N3O3. The highest BCUT2D eigenvalue weighted by atomic mass is 16.6. The zero-order valence-corrected chi connectivity index (χ0v) is 11.5. The van der Waals surface area contributed by atoms with Crippen LogP contribution in [0, 0.1) is 15.5 Å². The van der Waals surface area contributed by atoms with Gasteiger partial charge in [0.1, 0.15) is 0 Å². The summed E-state index contributed by atoms with van der Waals surface area (Å²) >= 11 is 0. The molecule has 1 fully saturated rings. The van der Waals surface area contributed by atoms with E-state index in [2.05, 4.69) is 10.6 Å². The molecule has 2 N–H and O–H groups in total. The van der Waals surface area contributed by atoms with Crippen LogP contribution < -0.4 is 10.6 Å². The van der Waals surface area contributed by atoms with Gasteiger partial charge in [-0.25, -0.2) is 0 Å². The standard InChI is InChI=1S/C14H19N3O3/c1-2-14(7-8-15-10-14)13(18)16-9-11-3-5-12(6-4-11)17(19)20/h3-6,15H,2,7-10H2,1H3,(H,16,18). The average molecular weight is 277 g/mol. The number of carbonyl (C=O) groups excluding carboxylic acids is 1. The van der Waals surface area contributed by atoms with Crippen molar-refractivity contribution in [3.8, 4) is 0 Å². The van der Waals surface area contributed by atoms with Crippen LogP contribution in [0.4, 0.5) is 5.69 Å². The highest BCUT2D eigenvalue weighted by Crippen LogP contribution is 2.29. The molecular weight excluding hydrogens is 258 g/mol. The fourth-order valence-electron chi connectivity index (χ4n) is 2.51. The van der Waals surface area contributed by atoms with Gasteiger partial charge in [-0.3, -0.25) is 14.9 Å². The van der Waals surface area contributed by atoms with Gasteiger partial charge in [0.2, 0.25) is 5.91 Å². The van der Waals surface area contributed by atoms with Crippen LogP contribution in [-0.2, 0) is 11.3 Å². The van der Waals surface area contributed by atoms with Gasteiger partial charge in [-0.2, -0.15) is 0 Å². The summed E-state index contributed by atoms with van der Waals surface area (Å²) in [5.74, 6) is 0.0587. The smallest absolute Gasteiger partial charge is 0.269 e. The monoisotopic (exact) mass is 277 g/mol. The summed E-state index contributed by atoms with van der Waals surface area (Å²) in [6.07, 6.45) is 1.67. The number of nitro benzene ring substituents is 1. The predicted octanol–water partition coefficient (Wildman–Crippen LogP) is 1.60. The molecule has 1 heterocycles. The number of hydrogen-bond acceptors (Lipinski definition) is 4. The van der Waals surface area contributed by atoms with Crippen LogP contribution in [-0.4, -0.2) is 23.9 Å². The first-order valence-electron chi connectivity index (χ1n) is 6.80. The molecule has 0 aliphatic carbocycles. The Morgan fingerprint density at radius 1 is 1.45 bits per heavy atom. The number of hydrogen-bond donors (Lipinski definition) is 2. The molecule has 0 bridgehead atoms. The van der Waals surface area contributed by atoms with Crippen LogP contribution >= 0.6 is 0 Å². The fraction of sp³-hybridized carbons (Fsp3) is 0.500. The zero-order valence-electron chi connectivity index (χ0n) is 11.5. The van der Waals surface area contributed by atoms with Crippen LogP contribution in [0.5, 0.6) is 0 Å². The number of amides is 1. The molecule has 20 heavy (non-hydrogen) atoms. The predicted molar refractivity (Wildman–Crippen MR) is 75.2 cm³/mol. The lowest BCUT2D eigenvalue weighted by Crippen LogP contribution is -2.41. The molecule has 0 spiro atoms. The Kier molecular flexibility index (Phi) is 4.34. The van der Waals surface area contributed by atoms with E-state index in [0.717, 1.165) is 31.5 Å². The molecule has 1 amide bonds. The highest BCUT2D eigenvalue weighted by Gasteiger charge is 2.39. The quantitative estimate of drug-likeness (QED) is 0.632. The van der Waals surface area contributed by atoms with Crippen molar-refractivity contribution in [3.63, 3.8) is 0 Å². The lowest BCUT2D eigenvalue weighted by Gasteiger charge is -2.25. The third-order valence-corrected chi connectivity index (χ3v) is 4.00. The second-order valence-corrected chi connectivity index (χ2v) is 5.17. The van der Waals surface area contributed by atoms with Crippen LogP contribution in [0.25, 0.3) is 0 Å². The average Bonchev–Trinajstić information content (AvgIpc) is 2.95. The lowest BCUT2D eigenvalue weighted by molar-refractivity contribution is -0.384. The number of nitro groups is 1. The molecule has 1 aromatic rings. The molecule has 108 valence electrons. The van der Waals surface area contributed by atoms with Crippen molar-refractivity contribution >= 4 is 11.6 Å². The summed E-state index contributed by atoms with van der Waals surface area (Å²) in [6, 6.07) is 6.25. The molecule has 1 atom stereocenters. The Morgan fingerprint density at radius 2 is 2.15 bits per heavy atom. The number of nitrogens with one attached hydrogen (secondary N) is 2. The molecule has 2 rings (SSSR count). The van der Waals surface area contributed by atoms with Crippen LogP contribution in [0.1, 0.15) is 25.3 Å². The minimum atomic E-state index is -0.432. The van der Waals surface area contributed by atoms with Gasteiger partial charge < -0.3 is 10.6 Å². The Balaban J connectivity index is 1.94. The first-order valence-corrected chi connectivity index (χ1v) is 6.80. The Hall–Kier alpha value is -1.95. The van der Waals surface area contributed by atoms with Gasteiger partial charge in [0, 0.05) is 25.2 Å². The van der Waals surface area contributed by atoms with E-state index in [1.165, 1.54) is 12.1 Å². The summed E-state index contributed by atoms with van der Waals surface area (Å²) in [7, 11) is 0. The van der Waals surface area contributed by atoms with Crippen molar-refractivity contribution in [1.82, 2.24) is 10.6 Å².